The van der Waals surface area contributed by atoms with Crippen LogP contribution < -0.4 is 25.6 Å². The van der Waals surface area contributed by atoms with Crippen LogP contribution in [0.1, 0.15) is 82.5 Å². The van der Waals surface area contributed by atoms with Crippen LogP contribution in [0.2, 0.25) is 0 Å². The molecule has 78 heavy (non-hydrogen) atoms. The molecule has 2 unspecified atom stereocenters. The molecule has 10 rings (SSSR count). The van der Waals surface area contributed by atoms with Gasteiger partial charge in [0.1, 0.15) is 46.8 Å². The molecule has 0 aliphatic carbocycles. The summed E-state index contributed by atoms with van der Waals surface area (Å²) in [5.74, 6) is 0.182. The third-order valence-electron chi connectivity index (χ3n) is 15.4. The number of benzene rings is 3. The second-order valence-electron chi connectivity index (χ2n) is 22.0. The standard InChI is InChI=1S/C58H66F2N10O7S/c1-6-42-45(59)15-12-36-24-39(71)25-43(48(36)42)50-49(60)51-44(28-61-50)54(69-29-37-13-14-38(30-69)64-37)67-57(66-51)77-41-16-20-68(21-17-41)19-7-22-76-23-18-47(73)65-53(58(3,4)5)56(75)70-31-40(72)26-46(70)55(74)62-27-34-8-10-35(11-9-34)52-33(2)63-32-78-52/h1,8-12,15,24-25,28,32,37-38,40-41,46,53,64,71-72H,7,13-14,16-23,26-27,29-31H2,2-5H3,(H,62,74)(H,65,73)/t37?,38?,40-,46+,53-/m1/s1. The lowest BCUT2D eigenvalue weighted by Crippen LogP contribution is -2.57. The highest BCUT2D eigenvalue weighted by Gasteiger charge is 2.44. The molecule has 0 saturated carbocycles. The number of thiazole rings is 1. The number of piperazine rings is 1. The third kappa shape index (κ3) is 11.9. The zero-order valence-corrected chi connectivity index (χ0v) is 45.2. The van der Waals surface area contributed by atoms with E-state index < -0.39 is 41.1 Å². The molecule has 4 fully saturated rings. The summed E-state index contributed by atoms with van der Waals surface area (Å²) in [5.41, 5.74) is 3.93. The van der Waals surface area contributed by atoms with Gasteiger partial charge in [-0.05, 0) is 79.2 Å². The highest BCUT2D eigenvalue weighted by Crippen LogP contribution is 2.40. The number of β-amino-alcohol motifs (C(OH)–C–C–N with tert-alkyl or cyclic N) is 1. The molecule has 0 spiro atoms. The van der Waals surface area contributed by atoms with Crippen molar-refractivity contribution in [3.05, 3.63) is 88.7 Å². The molecule has 3 amide bonds. The number of nitrogens with zero attached hydrogens (tertiary/aromatic N) is 7. The fraction of sp³-hybridized carbons (Fsp3) is 0.466. The predicted molar refractivity (Wildman–Crippen MR) is 294 cm³/mol. The number of anilines is 1. The Balaban J connectivity index is 0.707. The lowest BCUT2D eigenvalue weighted by atomic mass is 9.85. The number of carbonyl (C=O) groups is 3. The van der Waals surface area contributed by atoms with Gasteiger partial charge in [-0.1, -0.05) is 57.0 Å². The zero-order valence-electron chi connectivity index (χ0n) is 44.4. The highest BCUT2D eigenvalue weighted by molar-refractivity contribution is 7.13. The maximum Gasteiger partial charge on any atom is 0.319 e. The van der Waals surface area contributed by atoms with E-state index in [1.807, 2.05) is 57.5 Å². The molecule has 4 aliphatic rings. The Hall–Kier alpha value is -6.89. The molecular weight excluding hydrogens is 1020 g/mol. The zero-order chi connectivity index (χ0) is 54.8. The molecule has 17 nitrogen and oxygen atoms in total. The number of piperidine rings is 1. The van der Waals surface area contributed by atoms with Crippen LogP contribution in [0.4, 0.5) is 14.6 Å². The summed E-state index contributed by atoms with van der Waals surface area (Å²) >= 11 is 1.57. The first-order valence-corrected chi connectivity index (χ1v) is 27.7. The van der Waals surface area contributed by atoms with Gasteiger partial charge in [-0.15, -0.1) is 17.8 Å². The van der Waals surface area contributed by atoms with Gasteiger partial charge >= 0.3 is 6.01 Å². The molecule has 5 N–H and O–H groups in total. The van der Waals surface area contributed by atoms with E-state index >= 15 is 8.78 Å². The largest absolute Gasteiger partial charge is 0.508 e. The second kappa shape index (κ2) is 23.2. The second-order valence-corrected chi connectivity index (χ2v) is 22.9. The molecule has 7 heterocycles. The van der Waals surface area contributed by atoms with Crippen LogP contribution in [-0.2, 0) is 25.7 Å². The van der Waals surface area contributed by atoms with Crippen molar-refractivity contribution in [2.45, 2.75) is 116 Å². The first-order chi connectivity index (χ1) is 37.5. The average molecular weight is 1090 g/mol. The van der Waals surface area contributed by atoms with Gasteiger partial charge < -0.3 is 50.3 Å². The number of phenols is 1. The van der Waals surface area contributed by atoms with Gasteiger partial charge in [-0.3, -0.25) is 19.4 Å². The maximum absolute atomic E-state index is 17.1. The number of hydrogen-bond donors (Lipinski definition) is 5. The Kier molecular flexibility index (Phi) is 16.2. The van der Waals surface area contributed by atoms with E-state index in [0.717, 1.165) is 60.6 Å². The summed E-state index contributed by atoms with van der Waals surface area (Å²) in [6.45, 7) is 11.9. The van der Waals surface area contributed by atoms with Crippen molar-refractivity contribution in [2.24, 2.45) is 5.41 Å². The van der Waals surface area contributed by atoms with Crippen LogP contribution in [0.15, 0.2) is 60.2 Å². The number of aliphatic hydroxyl groups excluding tert-OH is 1. The molecule has 5 atom stereocenters. The van der Waals surface area contributed by atoms with Crippen LogP contribution in [0, 0.1) is 36.3 Å². The molecule has 2 bridgehead atoms. The van der Waals surface area contributed by atoms with Gasteiger partial charge in [0.15, 0.2) is 5.82 Å². The monoisotopic (exact) mass is 1080 g/mol. The molecule has 4 saturated heterocycles. The number of nitrogens with one attached hydrogen (secondary N) is 3. The molecular formula is C58H66F2N10O7S. The van der Waals surface area contributed by atoms with Gasteiger partial charge in [-0.2, -0.15) is 9.97 Å². The summed E-state index contributed by atoms with van der Waals surface area (Å²) in [6, 6.07) is 12.1. The normalized spacial score (nSPS) is 20.3. The summed E-state index contributed by atoms with van der Waals surface area (Å²) in [6.07, 6.45) is 10.4. The van der Waals surface area contributed by atoms with Crippen LogP contribution in [0.25, 0.3) is 43.4 Å². The van der Waals surface area contributed by atoms with E-state index in [4.69, 9.17) is 20.9 Å². The SMILES string of the molecule is C#Cc1c(F)ccc2cc(O)cc(-c3ncc4c(N5CC6CCC(C5)N6)nc(OC5CCN(CCCOCCC(=O)N[C@H](C(=O)N6C[C@H](O)C[C@H]6C(=O)NCc6ccc(-c7scnc7C)cc6)C(C)(C)C)CC5)nc4c3F)c12. The number of rotatable bonds is 17. The predicted octanol–water partition coefficient (Wildman–Crippen LogP) is 6.63. The van der Waals surface area contributed by atoms with Gasteiger partial charge in [-0.25, -0.2) is 13.8 Å². The van der Waals surface area contributed by atoms with Crippen molar-refractivity contribution in [3.63, 3.8) is 0 Å². The number of pyridine rings is 1. The Morgan fingerprint density at radius 1 is 0.987 bits per heavy atom. The molecule has 6 aromatic rings. The molecule has 0 radical (unpaired) electrons. The first-order valence-electron chi connectivity index (χ1n) is 26.8. The Bertz CT molecular complexity index is 3240. The van der Waals surface area contributed by atoms with Crippen LogP contribution in [-0.4, -0.2) is 147 Å². The summed E-state index contributed by atoms with van der Waals surface area (Å²) in [5, 5.41) is 31.9. The minimum atomic E-state index is -0.947. The number of hydrogen-bond acceptors (Lipinski definition) is 15. The summed E-state index contributed by atoms with van der Waals surface area (Å²) < 4.78 is 44.5. The van der Waals surface area contributed by atoms with E-state index in [9.17, 15) is 24.6 Å². The molecule has 4 aliphatic heterocycles. The number of aliphatic hydroxyl groups is 1. The maximum atomic E-state index is 17.1. The number of aromatic hydroxyl groups is 1. The van der Waals surface area contributed by atoms with Gasteiger partial charge in [0.05, 0.1) is 39.7 Å². The quantitative estimate of drug-likeness (QED) is 0.0480. The number of ether oxygens (including phenoxy) is 2. The van der Waals surface area contributed by atoms with E-state index in [1.165, 1.54) is 35.4 Å². The summed E-state index contributed by atoms with van der Waals surface area (Å²) in [4.78, 5) is 66.3. The van der Waals surface area contributed by atoms with Crippen molar-refractivity contribution < 1.29 is 42.9 Å². The lowest BCUT2D eigenvalue weighted by molar-refractivity contribution is -0.144. The molecule has 410 valence electrons. The van der Waals surface area contributed by atoms with E-state index in [-0.39, 0.29) is 102 Å². The van der Waals surface area contributed by atoms with Gasteiger partial charge in [0.25, 0.3) is 0 Å². The smallest absolute Gasteiger partial charge is 0.319 e. The number of phenolic OH excluding ortho intramolecular Hbond substituents is 1. The first kappa shape index (κ1) is 54.5. The van der Waals surface area contributed by atoms with Crippen LogP contribution in [0.5, 0.6) is 11.8 Å². The van der Waals surface area contributed by atoms with Crippen molar-refractivity contribution in [1.82, 2.24) is 45.7 Å². The third-order valence-corrected chi connectivity index (χ3v) is 16.3. The molecule has 20 heteroatoms. The number of terminal acetylenes is 1. The number of amides is 3. The topological polar surface area (TPSA) is 208 Å². The van der Waals surface area contributed by atoms with E-state index in [2.05, 4.69) is 46.6 Å². The van der Waals surface area contributed by atoms with Crippen molar-refractivity contribution in [1.29, 1.82) is 0 Å². The lowest BCUT2D eigenvalue weighted by Gasteiger charge is -2.35. The van der Waals surface area contributed by atoms with Crippen LogP contribution >= 0.6 is 11.3 Å². The molecule has 3 aromatic heterocycles. The fourth-order valence-corrected chi connectivity index (χ4v) is 12.1. The van der Waals surface area contributed by atoms with Crippen molar-refractivity contribution in [2.75, 3.05) is 57.4 Å². The number of likely N-dealkylation sites (tertiary alicyclic amines) is 2. The number of aryl methyl sites for hydroxylation is 1. The Morgan fingerprint density at radius 2 is 1.74 bits per heavy atom. The van der Waals surface area contributed by atoms with E-state index in [0.29, 0.717) is 49.1 Å². The van der Waals surface area contributed by atoms with Crippen molar-refractivity contribution >= 4 is 56.6 Å². The van der Waals surface area contributed by atoms with E-state index in [1.54, 1.807) is 11.3 Å². The summed E-state index contributed by atoms with van der Waals surface area (Å²) in [7, 11) is 0. The number of aromatic nitrogens is 4. The van der Waals surface area contributed by atoms with Crippen LogP contribution in [0.3, 0.4) is 0 Å². The number of carbonyl (C=O) groups excluding carboxylic acids is 3. The fourth-order valence-electron chi connectivity index (χ4n) is 11.3. The van der Waals surface area contributed by atoms with Gasteiger partial charge in [0, 0.05) is 94.5 Å². The minimum absolute atomic E-state index is 0.00604. The minimum Gasteiger partial charge on any atom is -0.508 e. The van der Waals surface area contributed by atoms with Crippen molar-refractivity contribution in [3.8, 4) is 45.8 Å². The average Bonchev–Trinajstić information content (AvgIpc) is 4.25. The number of fused-ring (bicyclic) bond motifs is 4. The Morgan fingerprint density at radius 3 is 2.45 bits per heavy atom. The highest BCUT2D eigenvalue weighted by atomic mass is 32.1. The number of halogens is 2. The Labute approximate surface area is 456 Å². The molecule has 3 aromatic carbocycles. The van der Waals surface area contributed by atoms with Gasteiger partial charge in [0.2, 0.25) is 17.7 Å².